The van der Waals surface area contributed by atoms with Crippen molar-refractivity contribution in [3.8, 4) is 11.1 Å². The zero-order chi connectivity index (χ0) is 32.6. The molecule has 234 valence electrons. The van der Waals surface area contributed by atoms with Crippen LogP contribution < -0.4 is 0 Å². The summed E-state index contributed by atoms with van der Waals surface area (Å²) in [7, 11) is 0. The van der Waals surface area contributed by atoms with Crippen molar-refractivity contribution in [2.45, 2.75) is 39.9 Å². The van der Waals surface area contributed by atoms with Crippen molar-refractivity contribution in [2.75, 3.05) is 26.3 Å². The van der Waals surface area contributed by atoms with E-state index >= 15 is 0 Å². The largest absolute Gasteiger partial charge is 0.464 e. The van der Waals surface area contributed by atoms with E-state index in [0.29, 0.717) is 12.7 Å². The third-order valence-corrected chi connectivity index (χ3v) is 10.6. The van der Waals surface area contributed by atoms with E-state index in [1.54, 1.807) is 0 Å². The Morgan fingerprint density at radius 3 is 1.70 bits per heavy atom. The SMILES string of the molecule is CC(=O)OCCN(CC(OC(C)=O)C(COC(C)=O)OC(C)=O)C(=O)c1c(I)cc(I)c(-c2c(I)cc(I)cc2I)c1I. The second kappa shape index (κ2) is 18.5. The molecule has 0 N–H and O–H groups in total. The Labute approximate surface area is 331 Å². The van der Waals surface area contributed by atoms with E-state index in [4.69, 9.17) is 18.9 Å². The summed E-state index contributed by atoms with van der Waals surface area (Å²) in [5.74, 6) is -2.96. The van der Waals surface area contributed by atoms with Crippen LogP contribution in [0.3, 0.4) is 0 Å². The standard InChI is InChI=1S/C27H25I6NO9/c1-12(35)40-6-5-34(10-21(42-14(3)37)22(43-15(4)38)11-41-13(2)36)27(39)25-20(32)9-19(31)24(26(25)33)23-17(29)7-16(28)8-18(23)30/h7-9,21-22H,5-6,10-11H2,1-4H3. The van der Waals surface area contributed by atoms with Crippen LogP contribution in [-0.4, -0.2) is 73.2 Å². The van der Waals surface area contributed by atoms with Gasteiger partial charge >= 0.3 is 23.9 Å². The topological polar surface area (TPSA) is 126 Å². The molecule has 0 aliphatic heterocycles. The third-order valence-electron chi connectivity index (χ3n) is 5.50. The predicted molar refractivity (Wildman–Crippen MR) is 208 cm³/mol. The number of esters is 4. The molecule has 2 atom stereocenters. The van der Waals surface area contributed by atoms with Gasteiger partial charge in [0, 0.05) is 60.2 Å². The molecule has 0 spiro atoms. The number of hydrogen-bond donors (Lipinski definition) is 0. The maximum absolute atomic E-state index is 14.3. The monoisotopic (exact) mass is 1270 g/mol. The number of ether oxygens (including phenoxy) is 4. The first-order chi connectivity index (χ1) is 20.0. The maximum Gasteiger partial charge on any atom is 0.303 e. The van der Waals surface area contributed by atoms with Crippen LogP contribution in [0, 0.1) is 21.4 Å². The highest BCUT2D eigenvalue weighted by Crippen LogP contribution is 2.40. The van der Waals surface area contributed by atoms with Crippen molar-refractivity contribution >= 4 is 165 Å². The quantitative estimate of drug-likeness (QED) is 0.135. The number of rotatable bonds is 12. The van der Waals surface area contributed by atoms with Gasteiger partial charge in [0.25, 0.3) is 5.91 Å². The van der Waals surface area contributed by atoms with E-state index in [1.807, 2.05) is 6.07 Å². The number of carbonyl (C=O) groups excluding carboxylic acids is 5. The molecule has 0 saturated heterocycles. The van der Waals surface area contributed by atoms with E-state index in [-0.39, 0.29) is 19.7 Å². The fourth-order valence-electron chi connectivity index (χ4n) is 3.82. The van der Waals surface area contributed by atoms with Gasteiger partial charge in [0.05, 0.1) is 18.7 Å². The van der Waals surface area contributed by atoms with Gasteiger partial charge < -0.3 is 23.8 Å². The molecule has 16 heteroatoms. The molecular formula is C27H25I6NO9. The smallest absolute Gasteiger partial charge is 0.303 e. The first-order valence-electron chi connectivity index (χ1n) is 12.3. The molecular weight excluding hydrogens is 1240 g/mol. The summed E-state index contributed by atoms with van der Waals surface area (Å²) < 4.78 is 26.5. The van der Waals surface area contributed by atoms with Crippen LogP contribution in [0.1, 0.15) is 38.1 Å². The van der Waals surface area contributed by atoms with E-state index in [2.05, 4.69) is 148 Å². The predicted octanol–water partition coefficient (Wildman–Crippen LogP) is 6.41. The number of nitrogens with zero attached hydrogens (tertiary/aromatic N) is 1. The van der Waals surface area contributed by atoms with E-state index in [0.717, 1.165) is 25.4 Å². The minimum absolute atomic E-state index is 0.0530. The lowest BCUT2D eigenvalue weighted by molar-refractivity contribution is -0.174. The van der Waals surface area contributed by atoms with Crippen LogP contribution in [0.15, 0.2) is 18.2 Å². The Balaban J connectivity index is 2.67. The van der Waals surface area contributed by atoms with Gasteiger partial charge in [-0.25, -0.2) is 0 Å². The molecule has 0 aliphatic carbocycles. The molecule has 1 amide bonds. The molecule has 0 aliphatic rings. The Bertz CT molecular complexity index is 1390. The first-order valence-corrected chi connectivity index (χ1v) is 18.7. The van der Waals surface area contributed by atoms with Crippen LogP contribution in [0.2, 0.25) is 0 Å². The molecule has 2 aromatic carbocycles. The summed E-state index contributed by atoms with van der Waals surface area (Å²) >= 11 is 13.4. The fraction of sp³-hybridized carbons (Fsp3) is 0.370. The number of halogens is 6. The molecule has 43 heavy (non-hydrogen) atoms. The molecule has 0 heterocycles. The number of carbonyl (C=O) groups is 5. The summed E-state index contributed by atoms with van der Waals surface area (Å²) in [6.07, 6.45) is -2.39. The van der Waals surface area contributed by atoms with E-state index in [9.17, 15) is 24.0 Å². The lowest BCUT2D eigenvalue weighted by Gasteiger charge is -2.32. The van der Waals surface area contributed by atoms with Gasteiger partial charge in [-0.3, -0.25) is 24.0 Å². The fourth-order valence-corrected chi connectivity index (χ4v) is 12.3. The summed E-state index contributed by atoms with van der Waals surface area (Å²) in [5, 5.41) is 0. The van der Waals surface area contributed by atoms with Crippen molar-refractivity contribution in [3.05, 3.63) is 45.2 Å². The van der Waals surface area contributed by atoms with Crippen molar-refractivity contribution in [1.29, 1.82) is 0 Å². The summed E-state index contributed by atoms with van der Waals surface area (Å²) in [5.41, 5.74) is 2.32. The zero-order valence-electron chi connectivity index (χ0n) is 23.1. The molecule has 0 radical (unpaired) electrons. The van der Waals surface area contributed by atoms with Gasteiger partial charge in [0.1, 0.15) is 13.2 Å². The van der Waals surface area contributed by atoms with Crippen LogP contribution in [0.5, 0.6) is 0 Å². The minimum Gasteiger partial charge on any atom is -0.464 e. The zero-order valence-corrected chi connectivity index (χ0v) is 36.0. The van der Waals surface area contributed by atoms with Crippen LogP contribution in [0.25, 0.3) is 11.1 Å². The van der Waals surface area contributed by atoms with Crippen molar-refractivity contribution < 1.29 is 42.9 Å². The van der Waals surface area contributed by atoms with Gasteiger partial charge in [-0.05, 0) is 154 Å². The first kappa shape index (κ1) is 39.3. The lowest BCUT2D eigenvalue weighted by atomic mass is 10.0. The average molecular weight is 1270 g/mol. The molecule has 0 bridgehead atoms. The summed E-state index contributed by atoms with van der Waals surface area (Å²) in [6, 6.07) is 6.06. The second-order valence-electron chi connectivity index (χ2n) is 8.84. The van der Waals surface area contributed by atoms with Gasteiger partial charge in [-0.15, -0.1) is 0 Å². The molecule has 0 aromatic heterocycles. The lowest BCUT2D eigenvalue weighted by Crippen LogP contribution is -2.48. The van der Waals surface area contributed by atoms with Gasteiger partial charge in [-0.2, -0.15) is 0 Å². The Kier molecular flexibility index (Phi) is 16.9. The number of amides is 1. The van der Waals surface area contributed by atoms with Gasteiger partial charge in [-0.1, -0.05) is 0 Å². The highest BCUT2D eigenvalue weighted by atomic mass is 127. The molecule has 2 aromatic rings. The van der Waals surface area contributed by atoms with Gasteiger partial charge in [0.2, 0.25) is 0 Å². The van der Waals surface area contributed by atoms with E-state index < -0.39 is 48.6 Å². The normalized spacial score (nSPS) is 12.1. The van der Waals surface area contributed by atoms with Crippen LogP contribution >= 0.6 is 136 Å². The van der Waals surface area contributed by atoms with E-state index in [1.165, 1.54) is 32.6 Å². The molecule has 2 unspecified atom stereocenters. The minimum atomic E-state index is -1.20. The average Bonchev–Trinajstić information content (AvgIpc) is 2.85. The molecule has 0 fully saturated rings. The molecule has 0 saturated carbocycles. The summed E-state index contributed by atoms with van der Waals surface area (Å²) in [6.45, 7) is 3.96. The van der Waals surface area contributed by atoms with Crippen molar-refractivity contribution in [1.82, 2.24) is 4.90 Å². The van der Waals surface area contributed by atoms with Crippen molar-refractivity contribution in [2.24, 2.45) is 0 Å². The number of benzene rings is 2. The van der Waals surface area contributed by atoms with Gasteiger partial charge in [0.15, 0.2) is 12.2 Å². The Morgan fingerprint density at radius 1 is 0.674 bits per heavy atom. The van der Waals surface area contributed by atoms with Crippen LogP contribution in [-0.2, 0) is 38.1 Å². The van der Waals surface area contributed by atoms with Crippen LogP contribution in [0.4, 0.5) is 0 Å². The third kappa shape index (κ3) is 12.0. The Morgan fingerprint density at radius 2 is 1.19 bits per heavy atom. The Hall–Kier alpha value is 0.170. The second-order valence-corrected chi connectivity index (χ2v) is 15.8. The maximum atomic E-state index is 14.3. The highest BCUT2D eigenvalue weighted by Gasteiger charge is 2.34. The molecule has 2 rings (SSSR count). The van der Waals surface area contributed by atoms with Crippen molar-refractivity contribution in [3.63, 3.8) is 0 Å². The molecule has 10 nitrogen and oxygen atoms in total. The summed E-state index contributed by atoms with van der Waals surface area (Å²) in [4.78, 5) is 62.8. The number of hydrogen-bond acceptors (Lipinski definition) is 9. The highest BCUT2D eigenvalue weighted by molar-refractivity contribution is 14.1.